The molecular formula is C19H20N2O3. The maximum absolute atomic E-state index is 12.5. The van der Waals surface area contributed by atoms with Crippen LogP contribution in [-0.4, -0.2) is 34.8 Å². The predicted octanol–water partition coefficient (Wildman–Crippen LogP) is 3.29. The van der Waals surface area contributed by atoms with E-state index in [0.717, 1.165) is 24.2 Å². The molecule has 2 fully saturated rings. The highest BCUT2D eigenvalue weighted by Crippen LogP contribution is 2.40. The molecule has 1 aliphatic heterocycles. The van der Waals surface area contributed by atoms with Crippen LogP contribution >= 0.6 is 0 Å². The summed E-state index contributed by atoms with van der Waals surface area (Å²) in [5, 5.41) is 3.92. The van der Waals surface area contributed by atoms with Crippen LogP contribution in [0.5, 0.6) is 0 Å². The number of carbonyl (C=O) groups is 2. The molecule has 0 spiro atoms. The van der Waals surface area contributed by atoms with Crippen LogP contribution in [0.1, 0.15) is 58.2 Å². The van der Waals surface area contributed by atoms with Crippen molar-refractivity contribution in [1.82, 2.24) is 10.1 Å². The zero-order valence-corrected chi connectivity index (χ0v) is 13.5. The van der Waals surface area contributed by atoms with E-state index in [0.29, 0.717) is 37.5 Å². The fourth-order valence-electron chi connectivity index (χ4n) is 3.30. The summed E-state index contributed by atoms with van der Waals surface area (Å²) in [5.74, 6) is 1.37. The number of hydrogen-bond acceptors (Lipinski definition) is 4. The predicted molar refractivity (Wildman–Crippen MR) is 87.9 cm³/mol. The Morgan fingerprint density at radius 2 is 1.75 bits per heavy atom. The summed E-state index contributed by atoms with van der Waals surface area (Å²) in [5.41, 5.74) is 1.15. The Morgan fingerprint density at radius 1 is 1.04 bits per heavy atom. The second-order valence-electron chi connectivity index (χ2n) is 6.69. The summed E-state index contributed by atoms with van der Waals surface area (Å²) in [6.07, 6.45) is 3.64. The Balaban J connectivity index is 1.36. The number of likely N-dealkylation sites (tertiary alicyclic amines) is 1. The van der Waals surface area contributed by atoms with E-state index in [2.05, 4.69) is 5.16 Å². The minimum absolute atomic E-state index is 0.00390. The van der Waals surface area contributed by atoms with Gasteiger partial charge in [0.05, 0.1) is 0 Å². The molecule has 2 heterocycles. The number of amides is 1. The van der Waals surface area contributed by atoms with E-state index in [4.69, 9.17) is 4.52 Å². The van der Waals surface area contributed by atoms with E-state index in [1.54, 1.807) is 11.0 Å². The van der Waals surface area contributed by atoms with Gasteiger partial charge in [-0.25, -0.2) is 0 Å². The van der Waals surface area contributed by atoms with Crippen molar-refractivity contribution in [2.24, 2.45) is 5.92 Å². The lowest BCUT2D eigenvalue weighted by atomic mass is 9.89. The van der Waals surface area contributed by atoms with Gasteiger partial charge in [-0.05, 0) is 25.7 Å². The Morgan fingerprint density at radius 3 is 2.42 bits per heavy atom. The van der Waals surface area contributed by atoms with Gasteiger partial charge in [-0.2, -0.15) is 0 Å². The highest BCUT2D eigenvalue weighted by Gasteiger charge is 2.32. The van der Waals surface area contributed by atoms with Crippen molar-refractivity contribution in [3.8, 4) is 0 Å². The summed E-state index contributed by atoms with van der Waals surface area (Å²) in [6.45, 7) is 1.18. The van der Waals surface area contributed by atoms with Crippen LogP contribution in [0.25, 0.3) is 0 Å². The Hall–Kier alpha value is -2.43. The van der Waals surface area contributed by atoms with Crippen LogP contribution in [0.4, 0.5) is 0 Å². The molecule has 0 atom stereocenters. The highest BCUT2D eigenvalue weighted by atomic mass is 16.5. The van der Waals surface area contributed by atoms with E-state index in [9.17, 15) is 9.59 Å². The molecule has 4 rings (SSSR count). The van der Waals surface area contributed by atoms with E-state index < -0.39 is 0 Å². The molecule has 1 amide bonds. The quantitative estimate of drug-likeness (QED) is 0.810. The molecule has 1 saturated carbocycles. The average Bonchev–Trinajstić information content (AvgIpc) is 3.38. The fraction of sp³-hybridized carbons (Fsp3) is 0.421. The maximum atomic E-state index is 12.5. The molecule has 1 aromatic heterocycles. The van der Waals surface area contributed by atoms with Crippen LogP contribution in [-0.2, 0) is 0 Å². The van der Waals surface area contributed by atoms with Crippen LogP contribution in [0.2, 0.25) is 0 Å². The van der Waals surface area contributed by atoms with Gasteiger partial charge in [0.25, 0.3) is 5.91 Å². The van der Waals surface area contributed by atoms with Gasteiger partial charge in [0.2, 0.25) is 0 Å². The summed E-state index contributed by atoms with van der Waals surface area (Å²) < 4.78 is 5.27. The summed E-state index contributed by atoms with van der Waals surface area (Å²) in [6, 6.07) is 11.2. The Bertz CT molecular complexity index is 741. The molecule has 24 heavy (non-hydrogen) atoms. The Labute approximate surface area is 140 Å². The van der Waals surface area contributed by atoms with E-state index >= 15 is 0 Å². The van der Waals surface area contributed by atoms with Crippen molar-refractivity contribution in [2.45, 2.75) is 31.6 Å². The molecule has 0 unspecified atom stereocenters. The number of rotatable bonds is 4. The number of piperidine rings is 1. The van der Waals surface area contributed by atoms with Gasteiger partial charge in [-0.3, -0.25) is 9.59 Å². The minimum atomic E-state index is -0.0868. The largest absolute Gasteiger partial charge is 0.360 e. The SMILES string of the molecule is O=C(c1ccccc1)C1CCN(C(=O)c2cc(C3CC3)on2)CC1. The third-order valence-electron chi connectivity index (χ3n) is 4.94. The first-order valence-corrected chi connectivity index (χ1v) is 8.57. The van der Waals surface area contributed by atoms with Crippen molar-refractivity contribution in [3.63, 3.8) is 0 Å². The number of Topliss-reactive ketones (excluding diaryl/α,β-unsaturated/α-hetero) is 1. The third kappa shape index (κ3) is 2.98. The molecule has 1 aliphatic carbocycles. The normalized spacial score (nSPS) is 18.6. The first-order chi connectivity index (χ1) is 11.7. The van der Waals surface area contributed by atoms with E-state index in [-0.39, 0.29) is 17.6 Å². The van der Waals surface area contributed by atoms with E-state index in [1.165, 1.54) is 0 Å². The molecule has 1 aromatic carbocycles. The van der Waals surface area contributed by atoms with Crippen molar-refractivity contribution in [1.29, 1.82) is 0 Å². The van der Waals surface area contributed by atoms with Crippen LogP contribution in [0, 0.1) is 5.92 Å². The lowest BCUT2D eigenvalue weighted by Crippen LogP contribution is -2.40. The molecule has 2 aliphatic rings. The van der Waals surface area contributed by atoms with Crippen LogP contribution in [0.15, 0.2) is 40.9 Å². The Kier molecular flexibility index (Phi) is 3.92. The molecule has 0 bridgehead atoms. The maximum Gasteiger partial charge on any atom is 0.276 e. The molecule has 5 heteroatoms. The molecular weight excluding hydrogens is 304 g/mol. The van der Waals surface area contributed by atoms with Crippen LogP contribution in [0.3, 0.4) is 0 Å². The molecule has 5 nitrogen and oxygen atoms in total. The van der Waals surface area contributed by atoms with Gasteiger partial charge in [-0.1, -0.05) is 35.5 Å². The smallest absolute Gasteiger partial charge is 0.276 e. The summed E-state index contributed by atoms with van der Waals surface area (Å²) in [4.78, 5) is 26.8. The number of carbonyl (C=O) groups excluding carboxylic acids is 2. The zero-order valence-electron chi connectivity index (χ0n) is 13.5. The lowest BCUT2D eigenvalue weighted by molar-refractivity contribution is 0.0642. The van der Waals surface area contributed by atoms with Gasteiger partial charge in [0.15, 0.2) is 11.5 Å². The van der Waals surface area contributed by atoms with Crippen LogP contribution < -0.4 is 0 Å². The summed E-state index contributed by atoms with van der Waals surface area (Å²) >= 11 is 0. The van der Waals surface area contributed by atoms with Gasteiger partial charge in [0.1, 0.15) is 5.76 Å². The van der Waals surface area contributed by atoms with Crippen molar-refractivity contribution in [2.75, 3.05) is 13.1 Å². The summed E-state index contributed by atoms with van der Waals surface area (Å²) in [7, 11) is 0. The fourth-order valence-corrected chi connectivity index (χ4v) is 3.30. The molecule has 124 valence electrons. The number of hydrogen-bond donors (Lipinski definition) is 0. The third-order valence-corrected chi connectivity index (χ3v) is 4.94. The highest BCUT2D eigenvalue weighted by molar-refractivity contribution is 5.98. The van der Waals surface area contributed by atoms with Crippen molar-refractivity contribution in [3.05, 3.63) is 53.4 Å². The first kappa shape index (κ1) is 15.1. The van der Waals surface area contributed by atoms with Gasteiger partial charge in [-0.15, -0.1) is 0 Å². The lowest BCUT2D eigenvalue weighted by Gasteiger charge is -2.30. The number of benzene rings is 1. The minimum Gasteiger partial charge on any atom is -0.360 e. The van der Waals surface area contributed by atoms with E-state index in [1.807, 2.05) is 30.3 Å². The number of nitrogens with zero attached hydrogens (tertiary/aromatic N) is 2. The standard InChI is InChI=1S/C19H20N2O3/c22-18(14-4-2-1-3-5-14)15-8-10-21(11-9-15)19(23)16-12-17(24-20-16)13-6-7-13/h1-5,12-13,15H,6-11H2. The second kappa shape index (κ2) is 6.23. The zero-order chi connectivity index (χ0) is 16.5. The van der Waals surface area contributed by atoms with Crippen molar-refractivity contribution < 1.29 is 14.1 Å². The van der Waals surface area contributed by atoms with Gasteiger partial charge < -0.3 is 9.42 Å². The van der Waals surface area contributed by atoms with Gasteiger partial charge in [0, 0.05) is 36.6 Å². The first-order valence-electron chi connectivity index (χ1n) is 8.57. The number of ketones is 1. The molecule has 2 aromatic rings. The topological polar surface area (TPSA) is 63.4 Å². The second-order valence-corrected chi connectivity index (χ2v) is 6.69. The molecule has 0 N–H and O–H groups in total. The average molecular weight is 324 g/mol. The monoisotopic (exact) mass is 324 g/mol. The molecule has 0 radical (unpaired) electrons. The van der Waals surface area contributed by atoms with Gasteiger partial charge >= 0.3 is 0 Å². The number of aromatic nitrogens is 1. The van der Waals surface area contributed by atoms with Crippen molar-refractivity contribution >= 4 is 11.7 Å². The molecule has 1 saturated heterocycles.